The van der Waals surface area contributed by atoms with E-state index in [0.717, 1.165) is 11.3 Å². The van der Waals surface area contributed by atoms with Gasteiger partial charge in [0.05, 0.1) is 25.4 Å². The molecular formula is C16H22N4O2. The lowest BCUT2D eigenvalue weighted by Gasteiger charge is -2.18. The molecule has 1 aromatic heterocycles. The summed E-state index contributed by atoms with van der Waals surface area (Å²) < 4.78 is 6.85. The summed E-state index contributed by atoms with van der Waals surface area (Å²) in [5, 5.41) is 7.01. The average Bonchev–Trinajstić information content (AvgIpc) is 2.93. The van der Waals surface area contributed by atoms with E-state index in [2.05, 4.69) is 10.4 Å². The zero-order valence-electron chi connectivity index (χ0n) is 13.2. The third-order valence-electron chi connectivity index (χ3n) is 3.10. The Bertz CT molecular complexity index is 626. The van der Waals surface area contributed by atoms with Crippen molar-refractivity contribution in [2.75, 3.05) is 13.7 Å². The minimum Gasteiger partial charge on any atom is -0.497 e. The lowest BCUT2D eigenvalue weighted by Crippen LogP contribution is -2.45. The maximum atomic E-state index is 12.0. The molecule has 0 aliphatic carbocycles. The maximum absolute atomic E-state index is 12.0. The van der Waals surface area contributed by atoms with Gasteiger partial charge in [0.1, 0.15) is 5.75 Å². The molecule has 118 valence electrons. The molecule has 0 saturated carbocycles. The van der Waals surface area contributed by atoms with E-state index in [1.165, 1.54) is 0 Å². The number of hydrogen-bond donors (Lipinski definition) is 2. The van der Waals surface area contributed by atoms with Gasteiger partial charge in [-0.1, -0.05) is 12.1 Å². The van der Waals surface area contributed by atoms with Gasteiger partial charge in [-0.2, -0.15) is 5.10 Å². The number of methoxy groups -OCH3 is 1. The van der Waals surface area contributed by atoms with E-state index in [1.54, 1.807) is 24.2 Å². The number of rotatable bonds is 6. The molecule has 2 rings (SSSR count). The predicted octanol–water partition coefficient (Wildman–Crippen LogP) is 1.41. The quantitative estimate of drug-likeness (QED) is 0.845. The second-order valence-electron chi connectivity index (χ2n) is 5.95. The summed E-state index contributed by atoms with van der Waals surface area (Å²) in [5.41, 5.74) is 7.02. The van der Waals surface area contributed by atoms with E-state index in [-0.39, 0.29) is 5.91 Å². The standard InChI is InChI=1S/C16H22N4O2/c1-16(2,17)11-18-15(21)13-8-19-20(10-13)9-12-4-6-14(22-3)7-5-12/h4-8,10H,9,11,17H2,1-3H3,(H,18,21). The molecule has 0 aliphatic rings. The fourth-order valence-electron chi connectivity index (χ4n) is 1.90. The second kappa shape index (κ2) is 6.62. The summed E-state index contributed by atoms with van der Waals surface area (Å²) in [4.78, 5) is 12.0. The van der Waals surface area contributed by atoms with Crippen molar-refractivity contribution < 1.29 is 9.53 Å². The van der Waals surface area contributed by atoms with Crippen molar-refractivity contribution in [1.82, 2.24) is 15.1 Å². The Balaban J connectivity index is 1.97. The lowest BCUT2D eigenvalue weighted by molar-refractivity contribution is 0.0946. The molecule has 0 aliphatic heterocycles. The van der Waals surface area contributed by atoms with Crippen LogP contribution < -0.4 is 15.8 Å². The Hall–Kier alpha value is -2.34. The van der Waals surface area contributed by atoms with Gasteiger partial charge in [0.2, 0.25) is 0 Å². The summed E-state index contributed by atoms with van der Waals surface area (Å²) in [6.45, 7) is 4.73. The number of nitrogens with zero attached hydrogens (tertiary/aromatic N) is 2. The van der Waals surface area contributed by atoms with Crippen molar-refractivity contribution in [2.24, 2.45) is 5.73 Å². The van der Waals surface area contributed by atoms with Gasteiger partial charge < -0.3 is 15.8 Å². The largest absolute Gasteiger partial charge is 0.497 e. The van der Waals surface area contributed by atoms with Gasteiger partial charge >= 0.3 is 0 Å². The molecule has 3 N–H and O–H groups in total. The molecule has 0 radical (unpaired) electrons. The van der Waals surface area contributed by atoms with Crippen molar-refractivity contribution in [3.8, 4) is 5.75 Å². The molecule has 1 aromatic carbocycles. The fraction of sp³-hybridized carbons (Fsp3) is 0.375. The molecule has 0 unspecified atom stereocenters. The first-order chi connectivity index (χ1) is 10.4. The molecule has 2 aromatic rings. The van der Waals surface area contributed by atoms with E-state index in [0.29, 0.717) is 18.7 Å². The molecule has 0 fully saturated rings. The summed E-state index contributed by atoms with van der Waals surface area (Å²) >= 11 is 0. The van der Waals surface area contributed by atoms with E-state index >= 15 is 0 Å². The van der Waals surface area contributed by atoms with Crippen LogP contribution in [0.3, 0.4) is 0 Å². The average molecular weight is 302 g/mol. The topological polar surface area (TPSA) is 82.2 Å². The maximum Gasteiger partial charge on any atom is 0.254 e. The normalized spacial score (nSPS) is 11.3. The molecule has 1 amide bonds. The number of amides is 1. The molecule has 0 saturated heterocycles. The number of carbonyl (C=O) groups excluding carboxylic acids is 1. The monoisotopic (exact) mass is 302 g/mol. The van der Waals surface area contributed by atoms with Crippen molar-refractivity contribution >= 4 is 5.91 Å². The Morgan fingerprint density at radius 2 is 2.05 bits per heavy atom. The van der Waals surface area contributed by atoms with Crippen molar-refractivity contribution in [2.45, 2.75) is 25.9 Å². The SMILES string of the molecule is COc1ccc(Cn2cc(C(=O)NCC(C)(C)N)cn2)cc1. The molecule has 6 nitrogen and oxygen atoms in total. The summed E-state index contributed by atoms with van der Waals surface area (Å²) in [6, 6.07) is 7.74. The molecule has 6 heteroatoms. The second-order valence-corrected chi connectivity index (χ2v) is 5.95. The fourth-order valence-corrected chi connectivity index (χ4v) is 1.90. The molecule has 22 heavy (non-hydrogen) atoms. The van der Waals surface area contributed by atoms with Gasteiger partial charge in [-0.25, -0.2) is 0 Å². The summed E-state index contributed by atoms with van der Waals surface area (Å²) in [5.74, 6) is 0.646. The van der Waals surface area contributed by atoms with E-state index in [4.69, 9.17) is 10.5 Å². The predicted molar refractivity (Wildman–Crippen MR) is 84.9 cm³/mol. The van der Waals surface area contributed by atoms with Crippen molar-refractivity contribution in [3.05, 3.63) is 47.8 Å². The van der Waals surface area contributed by atoms with Gasteiger partial charge in [0.15, 0.2) is 0 Å². The number of nitrogens with two attached hydrogens (primary N) is 1. The first-order valence-electron chi connectivity index (χ1n) is 7.10. The number of ether oxygens (including phenoxy) is 1. The van der Waals surface area contributed by atoms with Crippen LogP contribution in [0.15, 0.2) is 36.7 Å². The van der Waals surface area contributed by atoms with Crippen molar-refractivity contribution in [1.29, 1.82) is 0 Å². The summed E-state index contributed by atoms with van der Waals surface area (Å²) in [7, 11) is 1.63. The molecular weight excluding hydrogens is 280 g/mol. The highest BCUT2D eigenvalue weighted by Crippen LogP contribution is 2.12. The van der Waals surface area contributed by atoms with Gasteiger partial charge in [-0.05, 0) is 31.5 Å². The van der Waals surface area contributed by atoms with E-state index in [1.807, 2.05) is 38.1 Å². The highest BCUT2D eigenvalue weighted by molar-refractivity contribution is 5.93. The minimum atomic E-state index is -0.436. The Labute approximate surface area is 130 Å². The number of nitrogens with one attached hydrogen (secondary N) is 1. The van der Waals surface area contributed by atoms with Crippen LogP contribution in [0.25, 0.3) is 0 Å². The Morgan fingerprint density at radius 3 is 2.64 bits per heavy atom. The number of carbonyl (C=O) groups is 1. The van der Waals surface area contributed by atoms with E-state index < -0.39 is 5.54 Å². The van der Waals surface area contributed by atoms with Crippen LogP contribution in [0, 0.1) is 0 Å². The number of aromatic nitrogens is 2. The van der Waals surface area contributed by atoms with E-state index in [9.17, 15) is 4.79 Å². The first kappa shape index (κ1) is 16.0. The number of benzene rings is 1. The van der Waals surface area contributed by atoms with Crippen LogP contribution in [-0.4, -0.2) is 34.9 Å². The van der Waals surface area contributed by atoms with Crippen LogP contribution in [0.5, 0.6) is 5.75 Å². The summed E-state index contributed by atoms with van der Waals surface area (Å²) in [6.07, 6.45) is 3.28. The van der Waals surface area contributed by atoms with Crippen LogP contribution in [0.4, 0.5) is 0 Å². The molecule has 1 heterocycles. The van der Waals surface area contributed by atoms with Crippen LogP contribution in [0.1, 0.15) is 29.8 Å². The lowest BCUT2D eigenvalue weighted by atomic mass is 10.1. The number of hydrogen-bond acceptors (Lipinski definition) is 4. The smallest absolute Gasteiger partial charge is 0.254 e. The Kier molecular flexibility index (Phi) is 4.82. The zero-order valence-corrected chi connectivity index (χ0v) is 13.2. The third-order valence-corrected chi connectivity index (χ3v) is 3.10. The zero-order chi connectivity index (χ0) is 16.2. The van der Waals surface area contributed by atoms with Gasteiger partial charge in [-0.15, -0.1) is 0 Å². The molecule has 0 spiro atoms. The molecule has 0 bridgehead atoms. The third kappa shape index (κ3) is 4.60. The highest BCUT2D eigenvalue weighted by atomic mass is 16.5. The van der Waals surface area contributed by atoms with Gasteiger partial charge in [0, 0.05) is 18.3 Å². The van der Waals surface area contributed by atoms with Gasteiger partial charge in [-0.3, -0.25) is 9.48 Å². The van der Waals surface area contributed by atoms with Crippen LogP contribution in [-0.2, 0) is 6.54 Å². The van der Waals surface area contributed by atoms with Crippen LogP contribution >= 0.6 is 0 Å². The van der Waals surface area contributed by atoms with Gasteiger partial charge in [0.25, 0.3) is 5.91 Å². The van der Waals surface area contributed by atoms with Crippen molar-refractivity contribution in [3.63, 3.8) is 0 Å². The Morgan fingerprint density at radius 1 is 1.36 bits per heavy atom. The molecule has 0 atom stereocenters. The minimum absolute atomic E-state index is 0.167. The van der Waals surface area contributed by atoms with Crippen LogP contribution in [0.2, 0.25) is 0 Å². The first-order valence-corrected chi connectivity index (χ1v) is 7.10. The highest BCUT2D eigenvalue weighted by Gasteiger charge is 2.14.